The first-order valence-electron chi connectivity index (χ1n) is 7.12. The number of rotatable bonds is 4. The van der Waals surface area contributed by atoms with Crippen molar-refractivity contribution in [3.05, 3.63) is 58.6 Å². The van der Waals surface area contributed by atoms with Crippen molar-refractivity contribution in [2.24, 2.45) is 5.10 Å². The fourth-order valence-electron chi connectivity index (χ4n) is 2.44. The van der Waals surface area contributed by atoms with Crippen LogP contribution >= 0.6 is 15.9 Å². The molecule has 0 amide bonds. The lowest BCUT2D eigenvalue weighted by atomic mass is 10.2. The molecule has 0 spiro atoms. The van der Waals surface area contributed by atoms with Crippen molar-refractivity contribution in [1.82, 2.24) is 4.90 Å². The molecule has 0 aliphatic carbocycles. The third kappa shape index (κ3) is 3.25. The minimum Gasteiger partial charge on any atom is -0.497 e. The lowest BCUT2D eigenvalue weighted by Gasteiger charge is -2.20. The molecule has 0 radical (unpaired) electrons. The molecule has 0 atom stereocenters. The van der Waals surface area contributed by atoms with Gasteiger partial charge in [-0.1, -0.05) is 28.1 Å². The van der Waals surface area contributed by atoms with E-state index in [4.69, 9.17) is 4.74 Å². The first kappa shape index (κ1) is 14.9. The third-order valence-corrected chi connectivity index (χ3v) is 4.19. The van der Waals surface area contributed by atoms with Gasteiger partial charge >= 0.3 is 0 Å². The number of hydrazone groups is 1. The first-order valence-corrected chi connectivity index (χ1v) is 7.91. The smallest absolute Gasteiger partial charge is 0.124 e. The SMILES string of the molecule is COc1cccc(CN2CN(c3ccc(Br)cc3)N=C2C)c1. The number of hydrogen-bond donors (Lipinski definition) is 0. The van der Waals surface area contributed by atoms with Gasteiger partial charge < -0.3 is 9.64 Å². The van der Waals surface area contributed by atoms with Crippen molar-refractivity contribution in [3.8, 4) is 5.75 Å². The van der Waals surface area contributed by atoms with Gasteiger partial charge in [0.2, 0.25) is 0 Å². The molecule has 0 saturated heterocycles. The van der Waals surface area contributed by atoms with E-state index in [1.807, 2.05) is 36.2 Å². The average molecular weight is 360 g/mol. The Morgan fingerprint density at radius 3 is 2.68 bits per heavy atom. The Hall–Kier alpha value is -2.01. The minimum absolute atomic E-state index is 0.755. The second-order valence-corrected chi connectivity index (χ2v) is 6.13. The molecule has 3 rings (SSSR count). The molecule has 5 heteroatoms. The number of anilines is 1. The van der Waals surface area contributed by atoms with Crippen LogP contribution < -0.4 is 9.75 Å². The van der Waals surface area contributed by atoms with E-state index in [9.17, 15) is 0 Å². The Kier molecular flexibility index (Phi) is 4.34. The number of benzene rings is 2. The zero-order valence-electron chi connectivity index (χ0n) is 12.7. The van der Waals surface area contributed by atoms with E-state index in [0.29, 0.717) is 0 Å². The van der Waals surface area contributed by atoms with Crippen molar-refractivity contribution in [2.45, 2.75) is 13.5 Å². The fraction of sp³-hybridized carbons (Fsp3) is 0.235. The van der Waals surface area contributed by atoms with Crippen molar-refractivity contribution in [1.29, 1.82) is 0 Å². The summed E-state index contributed by atoms with van der Waals surface area (Å²) < 4.78 is 6.36. The van der Waals surface area contributed by atoms with Crippen LogP contribution in [0, 0.1) is 0 Å². The molecule has 2 aromatic rings. The standard InChI is InChI=1S/C17H18BrN3O/c1-13-19-21(16-8-6-15(18)7-9-16)12-20(13)11-14-4-3-5-17(10-14)22-2/h3-10H,11-12H2,1-2H3. The third-order valence-electron chi connectivity index (χ3n) is 3.66. The van der Waals surface area contributed by atoms with E-state index in [1.54, 1.807) is 7.11 Å². The van der Waals surface area contributed by atoms with Crippen LogP contribution in [0.5, 0.6) is 5.75 Å². The summed E-state index contributed by atoms with van der Waals surface area (Å²) in [6.45, 7) is 3.61. The van der Waals surface area contributed by atoms with E-state index >= 15 is 0 Å². The second kappa shape index (κ2) is 6.40. The Bertz CT molecular complexity index is 685. The molecule has 1 aliphatic heterocycles. The van der Waals surface area contributed by atoms with E-state index < -0.39 is 0 Å². The second-order valence-electron chi connectivity index (χ2n) is 5.21. The van der Waals surface area contributed by atoms with Crippen LogP contribution in [-0.2, 0) is 6.54 Å². The summed E-state index contributed by atoms with van der Waals surface area (Å²) in [7, 11) is 1.69. The number of nitrogens with zero attached hydrogens (tertiary/aromatic N) is 3. The number of halogens is 1. The highest BCUT2D eigenvalue weighted by atomic mass is 79.9. The van der Waals surface area contributed by atoms with Gasteiger partial charge in [-0.3, -0.25) is 0 Å². The van der Waals surface area contributed by atoms with Crippen LogP contribution in [0.2, 0.25) is 0 Å². The van der Waals surface area contributed by atoms with Gasteiger partial charge in [-0.15, -0.1) is 0 Å². The first-order chi connectivity index (χ1) is 10.7. The summed E-state index contributed by atoms with van der Waals surface area (Å²) in [6, 6.07) is 16.3. The molecule has 0 saturated carbocycles. The largest absolute Gasteiger partial charge is 0.497 e. The maximum absolute atomic E-state index is 5.28. The molecule has 22 heavy (non-hydrogen) atoms. The summed E-state index contributed by atoms with van der Waals surface area (Å²) >= 11 is 3.46. The van der Waals surface area contributed by atoms with Crippen LogP contribution in [0.15, 0.2) is 58.1 Å². The molecule has 0 fully saturated rings. The predicted octanol–water partition coefficient (Wildman–Crippen LogP) is 4.07. The summed E-state index contributed by atoms with van der Waals surface area (Å²) in [6.07, 6.45) is 0. The van der Waals surface area contributed by atoms with Gasteiger partial charge in [0, 0.05) is 11.0 Å². The Balaban J connectivity index is 1.72. The van der Waals surface area contributed by atoms with E-state index in [-0.39, 0.29) is 0 Å². The highest BCUT2D eigenvalue weighted by Gasteiger charge is 2.20. The molecular weight excluding hydrogens is 342 g/mol. The molecule has 2 aromatic carbocycles. The Labute approximate surface area is 139 Å². The summed E-state index contributed by atoms with van der Waals surface area (Å²) in [5, 5.41) is 6.65. The summed E-state index contributed by atoms with van der Waals surface area (Å²) in [5.74, 6) is 1.90. The van der Waals surface area contributed by atoms with Gasteiger partial charge in [-0.2, -0.15) is 5.10 Å². The van der Waals surface area contributed by atoms with Gasteiger partial charge in [0.05, 0.1) is 12.8 Å². The molecule has 0 aromatic heterocycles. The van der Waals surface area contributed by atoms with Crippen molar-refractivity contribution in [3.63, 3.8) is 0 Å². The quantitative estimate of drug-likeness (QED) is 0.823. The number of ether oxygens (including phenoxy) is 1. The van der Waals surface area contributed by atoms with Gasteiger partial charge in [0.15, 0.2) is 0 Å². The van der Waals surface area contributed by atoms with Gasteiger partial charge in [0.25, 0.3) is 0 Å². The molecule has 114 valence electrons. The topological polar surface area (TPSA) is 28.1 Å². The Morgan fingerprint density at radius 2 is 1.95 bits per heavy atom. The average Bonchev–Trinajstić information content (AvgIpc) is 2.89. The van der Waals surface area contributed by atoms with E-state index in [0.717, 1.165) is 35.0 Å². The number of hydrogen-bond acceptors (Lipinski definition) is 4. The fourth-order valence-corrected chi connectivity index (χ4v) is 2.71. The lowest BCUT2D eigenvalue weighted by Crippen LogP contribution is -2.29. The van der Waals surface area contributed by atoms with E-state index in [1.165, 1.54) is 5.56 Å². The predicted molar refractivity (Wildman–Crippen MR) is 93.1 cm³/mol. The van der Waals surface area contributed by atoms with Gasteiger partial charge in [-0.05, 0) is 48.9 Å². The van der Waals surface area contributed by atoms with Gasteiger partial charge in [0.1, 0.15) is 18.3 Å². The molecule has 0 bridgehead atoms. The lowest BCUT2D eigenvalue weighted by molar-refractivity contribution is 0.410. The zero-order valence-corrected chi connectivity index (χ0v) is 14.2. The Morgan fingerprint density at radius 1 is 1.18 bits per heavy atom. The minimum atomic E-state index is 0.755. The van der Waals surface area contributed by atoms with Crippen LogP contribution in [0.25, 0.3) is 0 Å². The van der Waals surface area contributed by atoms with Crippen LogP contribution in [0.4, 0.5) is 5.69 Å². The maximum Gasteiger partial charge on any atom is 0.124 e. The van der Waals surface area contributed by atoms with Crippen molar-refractivity contribution < 1.29 is 4.74 Å². The highest BCUT2D eigenvalue weighted by molar-refractivity contribution is 9.10. The highest BCUT2D eigenvalue weighted by Crippen LogP contribution is 2.23. The molecule has 1 heterocycles. The van der Waals surface area contributed by atoms with Crippen molar-refractivity contribution in [2.75, 3.05) is 18.8 Å². The normalized spacial score (nSPS) is 14.2. The molecule has 0 unspecified atom stereocenters. The zero-order chi connectivity index (χ0) is 15.5. The summed E-state index contributed by atoms with van der Waals surface area (Å²) in [5.41, 5.74) is 2.31. The van der Waals surface area contributed by atoms with Crippen LogP contribution in [-0.4, -0.2) is 24.5 Å². The summed E-state index contributed by atoms with van der Waals surface area (Å²) in [4.78, 5) is 2.25. The number of amidine groups is 1. The molecule has 4 nitrogen and oxygen atoms in total. The number of methoxy groups -OCH3 is 1. The van der Waals surface area contributed by atoms with Gasteiger partial charge in [-0.25, -0.2) is 5.01 Å². The maximum atomic E-state index is 5.28. The molecule has 0 N–H and O–H groups in total. The van der Waals surface area contributed by atoms with Crippen molar-refractivity contribution >= 4 is 27.5 Å². The van der Waals surface area contributed by atoms with Crippen LogP contribution in [0.3, 0.4) is 0 Å². The van der Waals surface area contributed by atoms with Crippen LogP contribution in [0.1, 0.15) is 12.5 Å². The monoisotopic (exact) mass is 359 g/mol. The molecule has 1 aliphatic rings. The molecular formula is C17H18BrN3O. The van der Waals surface area contributed by atoms with E-state index in [2.05, 4.69) is 50.2 Å².